The summed E-state index contributed by atoms with van der Waals surface area (Å²) in [5, 5.41) is 12.1. The molecule has 7 nitrogen and oxygen atoms in total. The Hall–Kier alpha value is -2.40. The Morgan fingerprint density at radius 2 is 1.93 bits per heavy atom. The van der Waals surface area contributed by atoms with Crippen molar-refractivity contribution in [2.75, 3.05) is 13.1 Å². The normalized spacial score (nSPS) is 18.9. The molecule has 7 heteroatoms. The quantitative estimate of drug-likeness (QED) is 0.261. The van der Waals surface area contributed by atoms with Crippen LogP contribution in [0.5, 0.6) is 0 Å². The number of β-amino-alcohol motifs (C(OH)–C–C–N with tert-alkyl or cyclic N) is 1. The summed E-state index contributed by atoms with van der Waals surface area (Å²) in [5.74, 6) is 10.7. The van der Waals surface area contributed by atoms with Gasteiger partial charge < -0.3 is 15.3 Å². The number of carbonyl (C=O) groups excluding carboxylic acids is 2. The maximum absolute atomic E-state index is 11.6. The van der Waals surface area contributed by atoms with Crippen LogP contribution >= 0.6 is 0 Å². The summed E-state index contributed by atoms with van der Waals surface area (Å²) in [4.78, 5) is 23.8. The summed E-state index contributed by atoms with van der Waals surface area (Å²) < 4.78 is 0. The lowest BCUT2D eigenvalue weighted by molar-refractivity contribution is -0.132. The molecule has 6 N–H and O–H groups in total. The van der Waals surface area contributed by atoms with E-state index in [2.05, 4.69) is 43.7 Å². The van der Waals surface area contributed by atoms with E-state index in [0.717, 1.165) is 43.3 Å². The number of nitrogens with two attached hydrogens (primary N) is 2. The number of rotatable bonds is 4. The van der Waals surface area contributed by atoms with Crippen LogP contribution in [0.2, 0.25) is 0 Å². The molecular formula is C22H34N4O3. The minimum absolute atomic E-state index is 0.0463. The molecule has 1 aromatic rings. The molecule has 2 fully saturated rings. The Bertz CT molecular complexity index is 700. The van der Waals surface area contributed by atoms with Crippen LogP contribution in [-0.4, -0.2) is 41.5 Å². The molecule has 1 saturated carbocycles. The first-order valence-corrected chi connectivity index (χ1v) is 9.77. The van der Waals surface area contributed by atoms with Crippen LogP contribution in [0.25, 0.3) is 0 Å². The van der Waals surface area contributed by atoms with Crippen molar-refractivity contribution in [3.63, 3.8) is 0 Å². The number of terminal acetylenes is 1. The van der Waals surface area contributed by atoms with Gasteiger partial charge in [0.05, 0.1) is 11.6 Å². The molecule has 1 saturated heterocycles. The first-order chi connectivity index (χ1) is 13.7. The number of likely N-dealkylation sites (tertiary alicyclic amines) is 1. The average Bonchev–Trinajstić information content (AvgIpc) is 3.34. The van der Waals surface area contributed by atoms with E-state index in [9.17, 15) is 14.7 Å². The number of hydrazine groups is 1. The van der Waals surface area contributed by atoms with Gasteiger partial charge in [-0.3, -0.25) is 21.3 Å². The largest absolute Gasteiger partial charge is 0.391 e. The predicted molar refractivity (Wildman–Crippen MR) is 114 cm³/mol. The molecule has 1 aromatic carbocycles. The monoisotopic (exact) mass is 402 g/mol. The van der Waals surface area contributed by atoms with Crippen LogP contribution in [0.1, 0.15) is 57.6 Å². The zero-order valence-electron chi connectivity index (χ0n) is 17.6. The van der Waals surface area contributed by atoms with Crippen LogP contribution in [0.3, 0.4) is 0 Å². The molecule has 0 spiro atoms. The van der Waals surface area contributed by atoms with Gasteiger partial charge in [-0.05, 0) is 42.4 Å². The Morgan fingerprint density at radius 3 is 2.31 bits per heavy atom. The molecule has 1 unspecified atom stereocenters. The van der Waals surface area contributed by atoms with Gasteiger partial charge >= 0.3 is 0 Å². The zero-order chi connectivity index (χ0) is 22.1. The third kappa shape index (κ3) is 7.86. The summed E-state index contributed by atoms with van der Waals surface area (Å²) in [6.45, 7) is 7.40. The second-order valence-electron chi connectivity index (χ2n) is 8.59. The van der Waals surface area contributed by atoms with Gasteiger partial charge in [0.25, 0.3) is 0 Å². The second kappa shape index (κ2) is 11.0. The molecule has 3 rings (SSSR count). The van der Waals surface area contributed by atoms with Gasteiger partial charge in [0, 0.05) is 25.1 Å². The standard InChI is InChI=1S/C12H11NO.C10H19NO2.H4N2/c1-2-10-3-5-11(6-4-10)12(7-8-12)13-9-14;1-10(2,3)6-9(13)11-5-4-8(12)7-11;1-2/h1,3-6,9H,7-8H2,(H,13,14);8,12H,4-7H2,1-3H3;1-2H2. The van der Waals surface area contributed by atoms with Crippen molar-refractivity contribution in [3.8, 4) is 12.3 Å². The number of carbonyl (C=O) groups is 2. The molecule has 1 heterocycles. The second-order valence-corrected chi connectivity index (χ2v) is 8.59. The fraction of sp³-hybridized carbons (Fsp3) is 0.545. The highest BCUT2D eigenvalue weighted by Gasteiger charge is 2.43. The summed E-state index contributed by atoms with van der Waals surface area (Å²) in [6, 6.07) is 7.78. The molecule has 29 heavy (non-hydrogen) atoms. The van der Waals surface area contributed by atoms with Crippen molar-refractivity contribution in [2.45, 2.75) is 58.1 Å². The lowest BCUT2D eigenvalue weighted by Crippen LogP contribution is -2.32. The number of aliphatic hydroxyl groups is 1. The third-order valence-electron chi connectivity index (χ3n) is 4.89. The van der Waals surface area contributed by atoms with E-state index >= 15 is 0 Å². The van der Waals surface area contributed by atoms with Crippen LogP contribution < -0.4 is 17.0 Å². The topological polar surface area (TPSA) is 122 Å². The molecular weight excluding hydrogens is 368 g/mol. The van der Waals surface area contributed by atoms with E-state index in [4.69, 9.17) is 6.42 Å². The average molecular weight is 403 g/mol. The molecule has 2 amide bonds. The van der Waals surface area contributed by atoms with Gasteiger partial charge in [-0.2, -0.15) is 0 Å². The number of nitrogens with zero attached hydrogens (tertiary/aromatic N) is 1. The molecule has 160 valence electrons. The zero-order valence-corrected chi connectivity index (χ0v) is 17.6. The predicted octanol–water partition coefficient (Wildman–Crippen LogP) is 1.24. The molecule has 1 atom stereocenters. The van der Waals surface area contributed by atoms with Gasteiger partial charge in [-0.15, -0.1) is 6.42 Å². The lowest BCUT2D eigenvalue weighted by Gasteiger charge is -2.22. The van der Waals surface area contributed by atoms with E-state index in [1.165, 1.54) is 0 Å². The number of amides is 2. The summed E-state index contributed by atoms with van der Waals surface area (Å²) in [7, 11) is 0. The molecule has 2 aliphatic rings. The van der Waals surface area contributed by atoms with Crippen LogP contribution in [-0.2, 0) is 15.1 Å². The Kier molecular flexibility index (Phi) is 9.31. The maximum Gasteiger partial charge on any atom is 0.223 e. The fourth-order valence-corrected chi connectivity index (χ4v) is 3.17. The maximum atomic E-state index is 11.6. The Morgan fingerprint density at radius 1 is 1.34 bits per heavy atom. The highest BCUT2D eigenvalue weighted by Crippen LogP contribution is 2.44. The van der Waals surface area contributed by atoms with Crippen molar-refractivity contribution in [1.82, 2.24) is 10.2 Å². The van der Waals surface area contributed by atoms with E-state index in [-0.39, 0.29) is 23.0 Å². The smallest absolute Gasteiger partial charge is 0.223 e. The minimum Gasteiger partial charge on any atom is -0.391 e. The molecule has 0 radical (unpaired) electrons. The van der Waals surface area contributed by atoms with Crippen LogP contribution in [0, 0.1) is 17.8 Å². The first kappa shape index (κ1) is 24.6. The Labute approximate surface area is 173 Å². The molecule has 1 aliphatic heterocycles. The van der Waals surface area contributed by atoms with Crippen molar-refractivity contribution in [3.05, 3.63) is 35.4 Å². The number of hydrogen-bond donors (Lipinski definition) is 4. The molecule has 0 bridgehead atoms. The van der Waals surface area contributed by atoms with Gasteiger partial charge in [0.1, 0.15) is 0 Å². The van der Waals surface area contributed by atoms with Crippen molar-refractivity contribution >= 4 is 12.3 Å². The molecule has 1 aliphatic carbocycles. The van der Waals surface area contributed by atoms with Crippen molar-refractivity contribution < 1.29 is 14.7 Å². The van der Waals surface area contributed by atoms with Gasteiger partial charge in [-0.25, -0.2) is 0 Å². The highest BCUT2D eigenvalue weighted by atomic mass is 16.3. The van der Waals surface area contributed by atoms with Crippen LogP contribution in [0.15, 0.2) is 24.3 Å². The summed E-state index contributed by atoms with van der Waals surface area (Å²) in [6.07, 6.45) is 9.06. The summed E-state index contributed by atoms with van der Waals surface area (Å²) >= 11 is 0. The van der Waals surface area contributed by atoms with E-state index in [0.29, 0.717) is 13.0 Å². The first-order valence-electron chi connectivity index (χ1n) is 9.77. The third-order valence-corrected chi connectivity index (χ3v) is 4.89. The SMILES string of the molecule is C#Cc1ccc(C2(NC=O)CC2)cc1.CC(C)(C)CC(=O)N1CCC(O)C1.NN. The van der Waals surface area contributed by atoms with Gasteiger partial charge in [0.15, 0.2) is 0 Å². The lowest BCUT2D eigenvalue weighted by atomic mass is 9.92. The van der Waals surface area contributed by atoms with Crippen molar-refractivity contribution in [2.24, 2.45) is 17.1 Å². The van der Waals surface area contributed by atoms with Gasteiger partial charge in [0.2, 0.25) is 12.3 Å². The number of benzene rings is 1. The fourth-order valence-electron chi connectivity index (χ4n) is 3.17. The number of hydrogen-bond acceptors (Lipinski definition) is 5. The highest BCUT2D eigenvalue weighted by molar-refractivity contribution is 5.77. The molecule has 0 aromatic heterocycles. The van der Waals surface area contributed by atoms with Crippen molar-refractivity contribution in [1.29, 1.82) is 0 Å². The van der Waals surface area contributed by atoms with Crippen LogP contribution in [0.4, 0.5) is 0 Å². The summed E-state index contributed by atoms with van der Waals surface area (Å²) in [5.41, 5.74) is 1.96. The van der Waals surface area contributed by atoms with Gasteiger partial charge in [-0.1, -0.05) is 38.8 Å². The van der Waals surface area contributed by atoms with E-state index < -0.39 is 0 Å². The number of aliphatic hydroxyl groups excluding tert-OH is 1. The van der Waals surface area contributed by atoms with E-state index in [1.807, 2.05) is 24.3 Å². The minimum atomic E-state index is -0.302. The Balaban J connectivity index is 0.000000268. The number of nitrogens with one attached hydrogen (secondary N) is 1. The van der Waals surface area contributed by atoms with E-state index in [1.54, 1.807) is 4.90 Å².